The Morgan fingerprint density at radius 2 is 2.19 bits per heavy atom. The lowest BCUT2D eigenvalue weighted by molar-refractivity contribution is -0.143. The Balaban J connectivity index is 1.72. The standard InChI is InChI=1S/C16H30N2O3/c1-3-11-21-14-5-4-9-18(12-14)10-8-15(16(19)20-2)17-13-6-7-13/h13-15,17H,3-12H2,1-2H3. The molecule has 0 aromatic rings. The van der Waals surface area contributed by atoms with Gasteiger partial charge in [0, 0.05) is 25.7 Å². The van der Waals surface area contributed by atoms with E-state index in [1.165, 1.54) is 26.4 Å². The van der Waals surface area contributed by atoms with Crippen molar-refractivity contribution in [3.63, 3.8) is 0 Å². The summed E-state index contributed by atoms with van der Waals surface area (Å²) in [5.41, 5.74) is 0. The average Bonchev–Trinajstić information content (AvgIpc) is 3.33. The number of likely N-dealkylation sites (tertiary alicyclic amines) is 1. The molecule has 1 aliphatic heterocycles. The van der Waals surface area contributed by atoms with Crippen LogP contribution in [0.4, 0.5) is 0 Å². The van der Waals surface area contributed by atoms with Gasteiger partial charge in [0.25, 0.3) is 0 Å². The first-order valence-corrected chi connectivity index (χ1v) is 8.40. The quantitative estimate of drug-likeness (QED) is 0.655. The maximum absolute atomic E-state index is 11.8. The molecule has 2 rings (SSSR count). The molecule has 0 aromatic carbocycles. The summed E-state index contributed by atoms with van der Waals surface area (Å²) in [7, 11) is 1.47. The van der Waals surface area contributed by atoms with Crippen LogP contribution < -0.4 is 5.32 Å². The Bertz CT molecular complexity index is 321. The lowest BCUT2D eigenvalue weighted by Crippen LogP contribution is -2.45. The Hall–Kier alpha value is -0.650. The first-order chi connectivity index (χ1) is 10.2. The molecule has 21 heavy (non-hydrogen) atoms. The van der Waals surface area contributed by atoms with Crippen LogP contribution in [0.3, 0.4) is 0 Å². The van der Waals surface area contributed by atoms with E-state index in [1.54, 1.807) is 0 Å². The van der Waals surface area contributed by atoms with Gasteiger partial charge in [-0.05, 0) is 45.1 Å². The van der Waals surface area contributed by atoms with Gasteiger partial charge in [-0.25, -0.2) is 0 Å². The molecule has 0 amide bonds. The number of hydrogen-bond acceptors (Lipinski definition) is 5. The Labute approximate surface area is 128 Å². The van der Waals surface area contributed by atoms with Crippen LogP contribution in [-0.4, -0.2) is 62.4 Å². The molecule has 2 atom stereocenters. The van der Waals surface area contributed by atoms with Crippen LogP contribution in [0.5, 0.6) is 0 Å². The molecule has 1 N–H and O–H groups in total. The van der Waals surface area contributed by atoms with Gasteiger partial charge < -0.3 is 19.7 Å². The predicted molar refractivity (Wildman–Crippen MR) is 82.3 cm³/mol. The minimum atomic E-state index is -0.153. The van der Waals surface area contributed by atoms with Crippen molar-refractivity contribution in [2.45, 2.75) is 63.6 Å². The number of hydrogen-bond donors (Lipinski definition) is 1. The molecule has 2 unspecified atom stereocenters. The maximum Gasteiger partial charge on any atom is 0.322 e. The lowest BCUT2D eigenvalue weighted by atomic mass is 10.1. The molecule has 2 aliphatic rings. The van der Waals surface area contributed by atoms with Gasteiger partial charge in [-0.2, -0.15) is 0 Å². The van der Waals surface area contributed by atoms with Crippen molar-refractivity contribution in [2.24, 2.45) is 0 Å². The zero-order chi connectivity index (χ0) is 15.1. The molecule has 5 nitrogen and oxygen atoms in total. The number of carbonyl (C=O) groups is 1. The second-order valence-electron chi connectivity index (χ2n) is 6.24. The third-order valence-corrected chi connectivity index (χ3v) is 4.25. The topological polar surface area (TPSA) is 50.8 Å². The van der Waals surface area contributed by atoms with Crippen molar-refractivity contribution in [1.29, 1.82) is 0 Å². The van der Waals surface area contributed by atoms with Crippen LogP contribution in [0, 0.1) is 0 Å². The van der Waals surface area contributed by atoms with Gasteiger partial charge in [0.05, 0.1) is 13.2 Å². The van der Waals surface area contributed by atoms with E-state index in [0.29, 0.717) is 12.1 Å². The van der Waals surface area contributed by atoms with Crippen LogP contribution in [-0.2, 0) is 14.3 Å². The summed E-state index contributed by atoms with van der Waals surface area (Å²) in [6.45, 7) is 6.05. The molecule has 0 spiro atoms. The first kappa shape index (κ1) is 16.7. The molecule has 1 saturated heterocycles. The highest BCUT2D eigenvalue weighted by molar-refractivity contribution is 5.75. The van der Waals surface area contributed by atoms with Gasteiger partial charge in [-0.3, -0.25) is 4.79 Å². The van der Waals surface area contributed by atoms with E-state index in [4.69, 9.17) is 9.47 Å². The van der Waals surface area contributed by atoms with E-state index in [9.17, 15) is 4.79 Å². The summed E-state index contributed by atoms with van der Waals surface area (Å²) in [5.74, 6) is -0.127. The average molecular weight is 298 g/mol. The largest absolute Gasteiger partial charge is 0.468 e. The fourth-order valence-corrected chi connectivity index (χ4v) is 2.89. The van der Waals surface area contributed by atoms with E-state index in [1.807, 2.05) is 0 Å². The number of esters is 1. The molecular weight excluding hydrogens is 268 g/mol. The fraction of sp³-hybridized carbons (Fsp3) is 0.938. The van der Waals surface area contributed by atoms with E-state index >= 15 is 0 Å². The summed E-state index contributed by atoms with van der Waals surface area (Å²) < 4.78 is 10.8. The zero-order valence-corrected chi connectivity index (χ0v) is 13.5. The summed E-state index contributed by atoms with van der Waals surface area (Å²) in [6.07, 6.45) is 6.99. The summed E-state index contributed by atoms with van der Waals surface area (Å²) in [5, 5.41) is 3.39. The van der Waals surface area contributed by atoms with Crippen molar-refractivity contribution < 1.29 is 14.3 Å². The molecule has 2 fully saturated rings. The molecule has 1 saturated carbocycles. The van der Waals surface area contributed by atoms with E-state index < -0.39 is 0 Å². The van der Waals surface area contributed by atoms with Crippen molar-refractivity contribution in [2.75, 3.05) is 33.4 Å². The first-order valence-electron chi connectivity index (χ1n) is 8.40. The summed E-state index contributed by atoms with van der Waals surface area (Å²) >= 11 is 0. The highest BCUT2D eigenvalue weighted by Gasteiger charge is 2.29. The van der Waals surface area contributed by atoms with Gasteiger partial charge in [0.2, 0.25) is 0 Å². The molecule has 122 valence electrons. The number of methoxy groups -OCH3 is 1. The third-order valence-electron chi connectivity index (χ3n) is 4.25. The number of ether oxygens (including phenoxy) is 2. The van der Waals surface area contributed by atoms with E-state index in [-0.39, 0.29) is 12.0 Å². The molecule has 0 aromatic heterocycles. The van der Waals surface area contributed by atoms with Crippen molar-refractivity contribution in [1.82, 2.24) is 10.2 Å². The Kier molecular flexibility index (Phi) is 6.93. The number of carbonyl (C=O) groups excluding carboxylic acids is 1. The maximum atomic E-state index is 11.8. The molecule has 1 heterocycles. The SMILES string of the molecule is CCCOC1CCCN(CCC(NC2CC2)C(=O)OC)C1. The van der Waals surface area contributed by atoms with Crippen LogP contribution in [0.15, 0.2) is 0 Å². The highest BCUT2D eigenvalue weighted by Crippen LogP contribution is 2.21. The predicted octanol–water partition coefficient (Wildman–Crippen LogP) is 1.56. The monoisotopic (exact) mass is 298 g/mol. The van der Waals surface area contributed by atoms with E-state index in [0.717, 1.165) is 45.5 Å². The fourth-order valence-electron chi connectivity index (χ4n) is 2.89. The smallest absolute Gasteiger partial charge is 0.322 e. The minimum Gasteiger partial charge on any atom is -0.468 e. The van der Waals surface area contributed by atoms with E-state index in [2.05, 4.69) is 17.1 Å². The number of rotatable bonds is 9. The van der Waals surface area contributed by atoms with Crippen molar-refractivity contribution in [3.8, 4) is 0 Å². The minimum absolute atomic E-state index is 0.127. The lowest BCUT2D eigenvalue weighted by Gasteiger charge is -2.33. The molecule has 0 bridgehead atoms. The van der Waals surface area contributed by atoms with Crippen LogP contribution in [0.1, 0.15) is 45.4 Å². The molecular formula is C16H30N2O3. The van der Waals surface area contributed by atoms with Gasteiger partial charge in [-0.1, -0.05) is 6.92 Å². The van der Waals surface area contributed by atoms with Gasteiger partial charge >= 0.3 is 5.97 Å². The van der Waals surface area contributed by atoms with Gasteiger partial charge in [0.15, 0.2) is 0 Å². The van der Waals surface area contributed by atoms with Gasteiger partial charge in [0.1, 0.15) is 6.04 Å². The van der Waals surface area contributed by atoms with Crippen LogP contribution in [0.2, 0.25) is 0 Å². The number of nitrogens with one attached hydrogen (secondary N) is 1. The van der Waals surface area contributed by atoms with Crippen LogP contribution in [0.25, 0.3) is 0 Å². The van der Waals surface area contributed by atoms with Crippen molar-refractivity contribution in [3.05, 3.63) is 0 Å². The summed E-state index contributed by atoms with van der Waals surface area (Å²) in [6, 6.07) is 0.371. The number of nitrogens with zero attached hydrogens (tertiary/aromatic N) is 1. The van der Waals surface area contributed by atoms with Crippen LogP contribution >= 0.6 is 0 Å². The highest BCUT2D eigenvalue weighted by atomic mass is 16.5. The number of piperidine rings is 1. The van der Waals surface area contributed by atoms with Gasteiger partial charge in [-0.15, -0.1) is 0 Å². The molecule has 0 radical (unpaired) electrons. The Morgan fingerprint density at radius 3 is 2.86 bits per heavy atom. The molecule has 1 aliphatic carbocycles. The van der Waals surface area contributed by atoms with Crippen molar-refractivity contribution >= 4 is 5.97 Å². The third kappa shape index (κ3) is 5.93. The second kappa shape index (κ2) is 8.71. The zero-order valence-electron chi connectivity index (χ0n) is 13.5. The second-order valence-corrected chi connectivity index (χ2v) is 6.24. The molecule has 5 heteroatoms. The Morgan fingerprint density at radius 1 is 1.38 bits per heavy atom. The normalized spacial score (nSPS) is 24.8. The summed E-state index contributed by atoms with van der Waals surface area (Å²) in [4.78, 5) is 14.3.